The van der Waals surface area contributed by atoms with Gasteiger partial charge in [0, 0.05) is 5.02 Å². The number of halogens is 4. The van der Waals surface area contributed by atoms with Crippen LogP contribution in [-0.4, -0.2) is 52.3 Å². The Labute approximate surface area is 181 Å². The van der Waals surface area contributed by atoms with Crippen molar-refractivity contribution in [1.29, 1.82) is 0 Å². The first-order chi connectivity index (χ1) is 14.7. The van der Waals surface area contributed by atoms with E-state index in [-0.39, 0.29) is 23.2 Å². The summed E-state index contributed by atoms with van der Waals surface area (Å²) in [5, 5.41) is 8.15. The van der Waals surface area contributed by atoms with Crippen molar-refractivity contribution in [1.82, 2.24) is 24.8 Å². The zero-order chi connectivity index (χ0) is 22.8. The molecule has 3 aromatic rings. The number of nitrogens with zero attached hydrogens (tertiary/aromatic N) is 5. The first-order valence-electron chi connectivity index (χ1n) is 9.38. The Morgan fingerprint density at radius 3 is 2.52 bits per heavy atom. The molecule has 0 atom stereocenters. The summed E-state index contributed by atoms with van der Waals surface area (Å²) < 4.78 is 45.6. The molecule has 0 spiro atoms. The van der Waals surface area contributed by atoms with E-state index in [1.165, 1.54) is 12.1 Å². The minimum atomic E-state index is -2.80. The van der Waals surface area contributed by atoms with Crippen molar-refractivity contribution in [2.75, 3.05) is 21.1 Å². The molecule has 31 heavy (non-hydrogen) atoms. The number of carbonyl (C=O) groups is 1. The molecule has 4 rings (SSSR count). The van der Waals surface area contributed by atoms with Gasteiger partial charge >= 0.3 is 0 Å². The fourth-order valence-electron chi connectivity index (χ4n) is 3.07. The number of aromatic nitrogens is 4. The largest absolute Gasteiger partial charge is 0.332 e. The first kappa shape index (κ1) is 23.0. The second kappa shape index (κ2) is 9.19. The lowest BCUT2D eigenvalue weighted by Gasteiger charge is -2.12. The predicted octanol–water partition coefficient (Wildman–Crippen LogP) is 4.12. The summed E-state index contributed by atoms with van der Waals surface area (Å²) >= 11 is 6.16. The van der Waals surface area contributed by atoms with Crippen LogP contribution in [0.2, 0.25) is 5.02 Å². The monoisotopic (exact) mass is 455 g/mol. The molecule has 0 saturated heterocycles. The van der Waals surface area contributed by atoms with E-state index in [9.17, 15) is 18.0 Å². The van der Waals surface area contributed by atoms with Gasteiger partial charge in [-0.05, 0) is 57.7 Å². The van der Waals surface area contributed by atoms with Crippen LogP contribution in [0.3, 0.4) is 0 Å². The number of alkyl halides is 2. The van der Waals surface area contributed by atoms with Gasteiger partial charge in [0.25, 0.3) is 12.3 Å². The summed E-state index contributed by atoms with van der Waals surface area (Å²) in [6.07, 6.45) is -0.947. The van der Waals surface area contributed by atoms with Gasteiger partial charge in [-0.1, -0.05) is 22.8 Å². The summed E-state index contributed by atoms with van der Waals surface area (Å²) in [7, 11) is 6.00. The van der Waals surface area contributed by atoms with Gasteiger partial charge in [-0.15, -0.1) is 0 Å². The lowest BCUT2D eigenvalue weighted by molar-refractivity contribution is -0.108. The molecule has 1 saturated carbocycles. The predicted molar refractivity (Wildman–Crippen MR) is 108 cm³/mol. The van der Waals surface area contributed by atoms with Crippen molar-refractivity contribution in [2.45, 2.75) is 31.2 Å². The number of hydrogen-bond acceptors (Lipinski definition) is 6. The van der Waals surface area contributed by atoms with Crippen LogP contribution in [-0.2, 0) is 16.8 Å². The van der Waals surface area contributed by atoms with Crippen molar-refractivity contribution in [3.05, 3.63) is 52.2 Å². The molecule has 0 N–H and O–H groups in total. The van der Waals surface area contributed by atoms with E-state index in [2.05, 4.69) is 15.2 Å². The fraction of sp³-hybridized carbons (Fsp3) is 0.400. The number of rotatable bonds is 6. The van der Waals surface area contributed by atoms with Crippen LogP contribution in [0.5, 0.6) is 0 Å². The van der Waals surface area contributed by atoms with E-state index >= 15 is 0 Å². The molecule has 0 unspecified atom stereocenters. The molecule has 7 nitrogen and oxygen atoms in total. The highest BCUT2D eigenvalue weighted by atomic mass is 35.5. The number of carbonyl (C=O) groups excluding carboxylic acids is 1. The molecule has 0 radical (unpaired) electrons. The van der Waals surface area contributed by atoms with E-state index in [0.717, 1.165) is 10.7 Å². The zero-order valence-electron chi connectivity index (χ0n) is 17.1. The van der Waals surface area contributed by atoms with Gasteiger partial charge in [0.2, 0.25) is 0 Å². The number of aldehydes is 1. The van der Waals surface area contributed by atoms with Crippen molar-refractivity contribution in [3.8, 4) is 11.6 Å². The summed E-state index contributed by atoms with van der Waals surface area (Å²) in [4.78, 5) is 16.9. The van der Waals surface area contributed by atoms with Crippen molar-refractivity contribution in [3.63, 3.8) is 0 Å². The summed E-state index contributed by atoms with van der Waals surface area (Å²) in [6, 6.07) is 5.20. The van der Waals surface area contributed by atoms with Crippen molar-refractivity contribution in [2.24, 2.45) is 0 Å². The Morgan fingerprint density at radius 2 is 1.97 bits per heavy atom. The van der Waals surface area contributed by atoms with Gasteiger partial charge in [-0.25, -0.2) is 13.2 Å². The Hall–Kier alpha value is -2.72. The number of benzene rings is 1. The normalized spacial score (nSPS) is 14.5. The highest BCUT2D eigenvalue weighted by Crippen LogP contribution is 2.54. The smallest absolute Gasteiger partial charge is 0.280 e. The molecular weight excluding hydrogens is 435 g/mol. The minimum Gasteiger partial charge on any atom is -0.332 e. The van der Waals surface area contributed by atoms with Gasteiger partial charge in [-0.3, -0.25) is 4.68 Å². The molecule has 166 valence electrons. The van der Waals surface area contributed by atoms with Crippen molar-refractivity contribution >= 4 is 17.9 Å². The molecule has 1 fully saturated rings. The minimum absolute atomic E-state index is 0.0407. The summed E-state index contributed by atoms with van der Waals surface area (Å²) in [5.74, 6) is -0.163. The molecule has 1 aromatic carbocycles. The molecule has 0 aliphatic heterocycles. The maximum absolute atomic E-state index is 13.3. The molecule has 0 bridgehead atoms. The molecule has 1 aliphatic carbocycles. The van der Waals surface area contributed by atoms with Crippen LogP contribution in [0.15, 0.2) is 28.8 Å². The van der Waals surface area contributed by atoms with E-state index in [1.807, 2.05) is 26.0 Å². The molecule has 11 heteroatoms. The quantitative estimate of drug-likeness (QED) is 0.520. The van der Waals surface area contributed by atoms with Crippen LogP contribution in [0.1, 0.15) is 36.3 Å². The number of hydrogen-bond donors (Lipinski definition) is 0. The molecule has 1 aliphatic rings. The van der Waals surface area contributed by atoms with E-state index in [1.54, 1.807) is 6.07 Å². The van der Waals surface area contributed by atoms with Crippen LogP contribution in [0, 0.1) is 5.82 Å². The fourth-order valence-corrected chi connectivity index (χ4v) is 3.41. The maximum Gasteiger partial charge on any atom is 0.280 e. The Bertz CT molecular complexity index is 1060. The third kappa shape index (κ3) is 4.96. The van der Waals surface area contributed by atoms with Gasteiger partial charge in [0.05, 0.1) is 12.0 Å². The van der Waals surface area contributed by atoms with Crippen LogP contribution < -0.4 is 0 Å². The highest BCUT2D eigenvalue weighted by Gasteiger charge is 2.51. The highest BCUT2D eigenvalue weighted by molar-refractivity contribution is 6.31. The third-order valence-electron chi connectivity index (χ3n) is 4.55. The molecule has 2 aromatic heterocycles. The second-order valence-corrected chi connectivity index (χ2v) is 7.98. The lowest BCUT2D eigenvalue weighted by atomic mass is 9.95. The van der Waals surface area contributed by atoms with E-state index in [4.69, 9.17) is 16.1 Å². The molecule has 0 amide bonds. The Morgan fingerprint density at radius 1 is 1.29 bits per heavy atom. The Balaban J connectivity index is 0.000000628. The average Bonchev–Trinajstić information content (AvgIpc) is 3.12. The van der Waals surface area contributed by atoms with E-state index in [0.29, 0.717) is 30.5 Å². The lowest BCUT2D eigenvalue weighted by Crippen LogP contribution is -2.11. The maximum atomic E-state index is 13.3. The summed E-state index contributed by atoms with van der Waals surface area (Å²) in [5.41, 5.74) is -0.284. The van der Waals surface area contributed by atoms with Crippen molar-refractivity contribution < 1.29 is 22.5 Å². The van der Waals surface area contributed by atoms with Gasteiger partial charge in [0.15, 0.2) is 11.5 Å². The van der Waals surface area contributed by atoms with Crippen LogP contribution in [0.25, 0.3) is 11.6 Å². The zero-order valence-corrected chi connectivity index (χ0v) is 17.9. The van der Waals surface area contributed by atoms with Gasteiger partial charge in [0.1, 0.15) is 17.8 Å². The molecular formula is C20H21ClF3N5O2. The standard InChI is InChI=1S/C17H12ClF3N4O2.C3H9N/c18-11-7-9(19)1-2-10(11)17(3-4-17)16-22-15(27-24-16)12-8-13(14(20)21)25(23-12)5-6-26;1-4(2)3/h1-2,6-8,14H,3-5H2;1-3H3. The van der Waals surface area contributed by atoms with Gasteiger partial charge in [-0.2, -0.15) is 10.1 Å². The van der Waals surface area contributed by atoms with Gasteiger partial charge < -0.3 is 14.2 Å². The topological polar surface area (TPSA) is 77.1 Å². The summed E-state index contributed by atoms with van der Waals surface area (Å²) in [6.45, 7) is -0.310. The van der Waals surface area contributed by atoms with E-state index < -0.39 is 23.4 Å². The van der Waals surface area contributed by atoms with Crippen LogP contribution >= 0.6 is 11.6 Å². The third-order valence-corrected chi connectivity index (χ3v) is 4.86. The average molecular weight is 456 g/mol. The van der Waals surface area contributed by atoms with Crippen LogP contribution in [0.4, 0.5) is 13.2 Å². The Kier molecular flexibility index (Phi) is 6.80. The molecule has 2 heterocycles. The second-order valence-electron chi connectivity index (χ2n) is 7.57. The first-order valence-corrected chi connectivity index (χ1v) is 9.76. The SMILES string of the molecule is CN(C)C.O=CCn1nc(-c2nc(C3(c4ccc(F)cc4Cl)CC3)no2)cc1C(F)F.